The fourth-order valence-electron chi connectivity index (χ4n) is 4.43. The van der Waals surface area contributed by atoms with Crippen molar-refractivity contribution in [1.82, 2.24) is 29.9 Å². The zero-order valence-corrected chi connectivity index (χ0v) is 18.7. The summed E-state index contributed by atoms with van der Waals surface area (Å²) < 4.78 is 1.84. The van der Waals surface area contributed by atoms with E-state index < -0.39 is 11.9 Å². The summed E-state index contributed by atoms with van der Waals surface area (Å²) >= 11 is 0. The second-order valence-corrected chi connectivity index (χ2v) is 8.64. The molecule has 3 aromatic rings. The average molecular weight is 439 g/mol. The molecule has 0 aliphatic carbocycles. The van der Waals surface area contributed by atoms with Crippen LogP contribution in [0.25, 0.3) is 22.2 Å². The molecule has 1 fully saturated rings. The number of aliphatic hydroxyl groups is 1. The summed E-state index contributed by atoms with van der Waals surface area (Å²) in [6.07, 6.45) is 3.49. The number of fused-ring (bicyclic) bond motifs is 1. The Hall–Kier alpha value is -3.11. The molecule has 10 nitrogen and oxygen atoms in total. The van der Waals surface area contributed by atoms with Gasteiger partial charge in [-0.25, -0.2) is 4.98 Å². The van der Waals surface area contributed by atoms with Crippen LogP contribution in [0.2, 0.25) is 0 Å². The number of nitrogens with zero attached hydrogens (tertiary/aromatic N) is 7. The molecule has 1 aliphatic heterocycles. The highest BCUT2D eigenvalue weighted by molar-refractivity contribution is 5.83. The van der Waals surface area contributed by atoms with Crippen molar-refractivity contribution in [3.63, 3.8) is 0 Å². The molecule has 170 valence electrons. The molecule has 1 amide bonds. The third kappa shape index (κ3) is 4.28. The molecule has 4 rings (SSSR count). The summed E-state index contributed by atoms with van der Waals surface area (Å²) in [6.45, 7) is 6.49. The van der Waals surface area contributed by atoms with Crippen LogP contribution >= 0.6 is 0 Å². The lowest BCUT2D eigenvalue weighted by atomic mass is 9.87. The van der Waals surface area contributed by atoms with Crippen molar-refractivity contribution in [3.05, 3.63) is 30.6 Å². The maximum atomic E-state index is 12.2. The van der Waals surface area contributed by atoms with Gasteiger partial charge in [-0.2, -0.15) is 10.2 Å². The number of primary amides is 1. The van der Waals surface area contributed by atoms with E-state index in [4.69, 9.17) is 10.7 Å². The summed E-state index contributed by atoms with van der Waals surface area (Å²) in [6, 6.07) is 5.59. The molecule has 0 bridgehead atoms. The van der Waals surface area contributed by atoms with Crippen LogP contribution in [0, 0.1) is 11.8 Å². The van der Waals surface area contributed by atoms with Crippen LogP contribution in [0.3, 0.4) is 0 Å². The fraction of sp³-hybridized carbons (Fsp3) is 0.500. The monoisotopic (exact) mass is 438 g/mol. The molecule has 0 spiro atoms. The maximum absolute atomic E-state index is 12.2. The topological polar surface area (TPSA) is 126 Å². The molecule has 2 atom stereocenters. The minimum atomic E-state index is -0.487. The van der Waals surface area contributed by atoms with Crippen LogP contribution in [0.15, 0.2) is 30.6 Å². The highest BCUT2D eigenvalue weighted by atomic mass is 16.3. The molecule has 3 heterocycles. The van der Waals surface area contributed by atoms with Gasteiger partial charge in [0.1, 0.15) is 0 Å². The van der Waals surface area contributed by atoms with Crippen LogP contribution in [0.1, 0.15) is 13.8 Å². The van der Waals surface area contributed by atoms with Gasteiger partial charge in [-0.1, -0.05) is 19.9 Å². The summed E-state index contributed by atoms with van der Waals surface area (Å²) in [5, 5.41) is 23.5. The van der Waals surface area contributed by atoms with Gasteiger partial charge in [0.25, 0.3) is 0 Å². The number of carbonyl (C=O) groups excluding carboxylic acids is 1. The van der Waals surface area contributed by atoms with Gasteiger partial charge in [0, 0.05) is 56.7 Å². The first-order valence-corrected chi connectivity index (χ1v) is 10.9. The molecule has 10 heteroatoms. The van der Waals surface area contributed by atoms with Crippen molar-refractivity contribution in [3.8, 4) is 11.3 Å². The van der Waals surface area contributed by atoms with E-state index in [1.165, 1.54) is 0 Å². The maximum Gasteiger partial charge on any atom is 0.245 e. The Morgan fingerprint density at radius 3 is 2.59 bits per heavy atom. The molecular weight excluding hydrogens is 408 g/mol. The number of benzene rings is 1. The molecule has 2 aromatic heterocycles. The van der Waals surface area contributed by atoms with Crippen molar-refractivity contribution in [1.29, 1.82) is 0 Å². The standard InChI is InChI=1S/C22H30N8O2/c1-14(2)17(13-31)20(21(23)32)29-6-8-30(9-7-29)22-26-18(12-24-27-22)15-4-5-19-16(10-15)11-25-28(19)3/h4-5,10-12,14,17,20,31H,6-9,13H2,1-3H3,(H2,23,32)/t17-,20?/m0/s1. The van der Waals surface area contributed by atoms with Gasteiger partial charge < -0.3 is 15.7 Å². The van der Waals surface area contributed by atoms with Gasteiger partial charge in [0.15, 0.2) is 0 Å². The molecular formula is C22H30N8O2. The summed E-state index contributed by atoms with van der Waals surface area (Å²) in [7, 11) is 1.92. The van der Waals surface area contributed by atoms with Crippen LogP contribution in [0.5, 0.6) is 0 Å². The quantitative estimate of drug-likeness (QED) is 0.551. The van der Waals surface area contributed by atoms with E-state index >= 15 is 0 Å². The van der Waals surface area contributed by atoms with E-state index in [2.05, 4.69) is 25.1 Å². The number of anilines is 1. The first kappa shape index (κ1) is 22.1. The molecule has 1 saturated heterocycles. The van der Waals surface area contributed by atoms with Crippen LogP contribution in [-0.4, -0.2) is 79.7 Å². The van der Waals surface area contributed by atoms with Gasteiger partial charge in [0.2, 0.25) is 11.9 Å². The minimum absolute atomic E-state index is 0.0676. The Bertz CT molecular complexity index is 1090. The summed E-state index contributed by atoms with van der Waals surface area (Å²) in [5.74, 6) is 0.128. The predicted octanol–water partition coefficient (Wildman–Crippen LogP) is 0.666. The Kier molecular flexibility index (Phi) is 6.33. The van der Waals surface area contributed by atoms with Crippen LogP contribution in [-0.2, 0) is 11.8 Å². The molecule has 1 aromatic carbocycles. The first-order valence-electron chi connectivity index (χ1n) is 10.9. The van der Waals surface area contributed by atoms with E-state index in [1.807, 2.05) is 50.0 Å². The summed E-state index contributed by atoms with van der Waals surface area (Å²) in [5.41, 5.74) is 8.47. The van der Waals surface area contributed by atoms with E-state index in [9.17, 15) is 9.90 Å². The van der Waals surface area contributed by atoms with E-state index in [0.717, 1.165) is 22.2 Å². The van der Waals surface area contributed by atoms with E-state index in [0.29, 0.717) is 32.1 Å². The first-order chi connectivity index (χ1) is 15.4. The van der Waals surface area contributed by atoms with Gasteiger partial charge in [-0.3, -0.25) is 14.4 Å². The molecule has 1 unspecified atom stereocenters. The number of piperazine rings is 1. The highest BCUT2D eigenvalue weighted by Gasteiger charge is 2.35. The SMILES string of the molecule is CC(C)[C@H](CO)C(C(N)=O)N1CCN(c2nncc(-c3ccc4c(cnn4C)c3)n2)CC1. The molecule has 0 saturated carbocycles. The number of rotatable bonds is 7. The number of aromatic nitrogens is 5. The third-order valence-corrected chi connectivity index (χ3v) is 6.34. The number of aliphatic hydroxyl groups excluding tert-OH is 1. The fourth-order valence-corrected chi connectivity index (χ4v) is 4.43. The second-order valence-electron chi connectivity index (χ2n) is 8.64. The Morgan fingerprint density at radius 2 is 1.94 bits per heavy atom. The lowest BCUT2D eigenvalue weighted by molar-refractivity contribution is -0.127. The van der Waals surface area contributed by atoms with E-state index in [-0.39, 0.29) is 18.4 Å². The lowest BCUT2D eigenvalue weighted by Crippen LogP contribution is -2.58. The van der Waals surface area contributed by atoms with Crippen molar-refractivity contribution in [2.45, 2.75) is 19.9 Å². The number of amides is 1. The predicted molar refractivity (Wildman–Crippen MR) is 122 cm³/mol. The minimum Gasteiger partial charge on any atom is -0.396 e. The normalized spacial score (nSPS) is 17.1. The molecule has 3 N–H and O–H groups in total. The Morgan fingerprint density at radius 1 is 1.19 bits per heavy atom. The number of carbonyl (C=O) groups is 1. The number of aryl methyl sites for hydroxylation is 1. The zero-order valence-electron chi connectivity index (χ0n) is 18.7. The molecule has 0 radical (unpaired) electrons. The smallest absolute Gasteiger partial charge is 0.245 e. The molecule has 32 heavy (non-hydrogen) atoms. The van der Waals surface area contributed by atoms with Gasteiger partial charge >= 0.3 is 0 Å². The zero-order chi connectivity index (χ0) is 22.8. The summed E-state index contributed by atoms with van der Waals surface area (Å²) in [4.78, 5) is 21.0. The Balaban J connectivity index is 1.49. The largest absolute Gasteiger partial charge is 0.396 e. The highest BCUT2D eigenvalue weighted by Crippen LogP contribution is 2.25. The second kappa shape index (κ2) is 9.17. The van der Waals surface area contributed by atoms with Crippen molar-refractivity contribution in [2.75, 3.05) is 37.7 Å². The van der Waals surface area contributed by atoms with Crippen molar-refractivity contribution >= 4 is 22.8 Å². The van der Waals surface area contributed by atoms with Crippen molar-refractivity contribution in [2.24, 2.45) is 24.6 Å². The number of hydrogen-bond acceptors (Lipinski definition) is 8. The van der Waals surface area contributed by atoms with Crippen LogP contribution < -0.4 is 10.6 Å². The van der Waals surface area contributed by atoms with Gasteiger partial charge in [-0.05, 0) is 18.1 Å². The van der Waals surface area contributed by atoms with Gasteiger partial charge in [0.05, 0.1) is 29.6 Å². The van der Waals surface area contributed by atoms with Gasteiger partial charge in [-0.15, -0.1) is 5.10 Å². The van der Waals surface area contributed by atoms with E-state index in [1.54, 1.807) is 6.20 Å². The molecule has 1 aliphatic rings. The lowest BCUT2D eigenvalue weighted by Gasteiger charge is -2.41. The number of hydrogen-bond donors (Lipinski definition) is 2. The Labute approximate surface area is 187 Å². The number of nitrogens with two attached hydrogens (primary N) is 1. The van der Waals surface area contributed by atoms with Crippen LogP contribution in [0.4, 0.5) is 5.95 Å². The van der Waals surface area contributed by atoms with Crippen molar-refractivity contribution < 1.29 is 9.90 Å². The third-order valence-electron chi connectivity index (χ3n) is 6.34. The average Bonchev–Trinajstić information content (AvgIpc) is 3.17.